The molecular formula is C9H7IN2O. The van der Waals surface area contributed by atoms with Gasteiger partial charge in [-0.1, -0.05) is 0 Å². The highest BCUT2D eigenvalue weighted by molar-refractivity contribution is 14.1. The minimum Gasteiger partial charge on any atom is -0.490 e. The quantitative estimate of drug-likeness (QED) is 0.540. The lowest BCUT2D eigenvalue weighted by Crippen LogP contribution is -2.12. The maximum absolute atomic E-state index is 8.86. The minimum atomic E-state index is 0.606. The first-order valence-electron chi connectivity index (χ1n) is 4.03. The van der Waals surface area contributed by atoms with Gasteiger partial charge in [0.15, 0.2) is 5.75 Å². The van der Waals surface area contributed by atoms with Gasteiger partial charge in [0.05, 0.1) is 17.9 Å². The van der Waals surface area contributed by atoms with Crippen molar-refractivity contribution < 1.29 is 4.74 Å². The van der Waals surface area contributed by atoms with E-state index in [4.69, 9.17) is 10.00 Å². The Labute approximate surface area is 89.9 Å². The molecule has 0 atom stereocenters. The van der Waals surface area contributed by atoms with Gasteiger partial charge in [-0.25, -0.2) is 4.98 Å². The number of aryl methyl sites for hydroxylation is 1. The number of rotatable bonds is 0. The molecule has 1 aliphatic heterocycles. The lowest BCUT2D eigenvalue weighted by atomic mass is 10.1. The van der Waals surface area contributed by atoms with E-state index in [1.165, 1.54) is 0 Å². The summed E-state index contributed by atoms with van der Waals surface area (Å²) in [6, 6.07) is 3.88. The Balaban J connectivity index is 2.58. The van der Waals surface area contributed by atoms with Crippen LogP contribution in [0.1, 0.15) is 17.7 Å². The predicted molar refractivity (Wildman–Crippen MR) is 55.5 cm³/mol. The van der Waals surface area contributed by atoms with Gasteiger partial charge in [0.2, 0.25) is 0 Å². The summed E-state index contributed by atoms with van der Waals surface area (Å²) in [7, 11) is 0. The van der Waals surface area contributed by atoms with E-state index in [0.29, 0.717) is 17.9 Å². The molecule has 0 unspecified atom stereocenters. The predicted octanol–water partition coefficient (Wildman–Crippen LogP) is 1.88. The molecule has 0 radical (unpaired) electrons. The second-order valence-electron chi connectivity index (χ2n) is 2.83. The number of pyridine rings is 1. The Morgan fingerprint density at radius 2 is 2.46 bits per heavy atom. The summed E-state index contributed by atoms with van der Waals surface area (Å²) in [5.74, 6) is 0.689. The van der Waals surface area contributed by atoms with Crippen molar-refractivity contribution in [2.45, 2.75) is 12.8 Å². The SMILES string of the molecule is N#Cc1cc(I)nc2c1OCCC2. The van der Waals surface area contributed by atoms with Gasteiger partial charge >= 0.3 is 0 Å². The Bertz CT molecular complexity index is 384. The van der Waals surface area contributed by atoms with Crippen LogP contribution in [-0.4, -0.2) is 11.6 Å². The van der Waals surface area contributed by atoms with Crippen molar-refractivity contribution in [2.75, 3.05) is 6.61 Å². The fraction of sp³-hybridized carbons (Fsp3) is 0.333. The summed E-state index contributed by atoms with van der Waals surface area (Å²) in [5, 5.41) is 8.86. The molecule has 0 aromatic carbocycles. The van der Waals surface area contributed by atoms with Crippen LogP contribution in [0.4, 0.5) is 0 Å². The average molecular weight is 286 g/mol. The van der Waals surface area contributed by atoms with Crippen molar-refractivity contribution in [3.63, 3.8) is 0 Å². The Hall–Kier alpha value is -0.830. The van der Waals surface area contributed by atoms with E-state index in [2.05, 4.69) is 33.6 Å². The van der Waals surface area contributed by atoms with Crippen molar-refractivity contribution in [1.82, 2.24) is 4.98 Å². The van der Waals surface area contributed by atoms with Gasteiger partial charge in [-0.3, -0.25) is 0 Å². The first-order chi connectivity index (χ1) is 6.31. The summed E-state index contributed by atoms with van der Waals surface area (Å²) in [6.07, 6.45) is 1.91. The van der Waals surface area contributed by atoms with Crippen LogP contribution in [0.25, 0.3) is 0 Å². The van der Waals surface area contributed by atoms with Crippen molar-refractivity contribution in [3.8, 4) is 11.8 Å². The molecule has 0 N–H and O–H groups in total. The first kappa shape index (κ1) is 8.75. The molecule has 66 valence electrons. The highest BCUT2D eigenvalue weighted by atomic mass is 127. The van der Waals surface area contributed by atoms with Crippen molar-refractivity contribution in [1.29, 1.82) is 5.26 Å². The zero-order chi connectivity index (χ0) is 9.26. The van der Waals surface area contributed by atoms with E-state index in [1.807, 2.05) is 0 Å². The molecule has 1 aliphatic rings. The van der Waals surface area contributed by atoms with E-state index >= 15 is 0 Å². The third-order valence-electron chi connectivity index (χ3n) is 1.94. The number of hydrogen-bond acceptors (Lipinski definition) is 3. The van der Waals surface area contributed by atoms with Crippen LogP contribution >= 0.6 is 22.6 Å². The molecule has 1 aromatic heterocycles. The lowest BCUT2D eigenvalue weighted by molar-refractivity contribution is 0.283. The zero-order valence-corrected chi connectivity index (χ0v) is 9.04. The zero-order valence-electron chi connectivity index (χ0n) is 6.88. The van der Waals surface area contributed by atoms with E-state index in [-0.39, 0.29) is 0 Å². The fourth-order valence-electron chi connectivity index (χ4n) is 1.38. The van der Waals surface area contributed by atoms with Gasteiger partial charge in [-0.15, -0.1) is 0 Å². The van der Waals surface area contributed by atoms with E-state index in [9.17, 15) is 0 Å². The van der Waals surface area contributed by atoms with Gasteiger partial charge in [0.1, 0.15) is 9.77 Å². The largest absolute Gasteiger partial charge is 0.490 e. The number of hydrogen-bond donors (Lipinski definition) is 0. The number of halogens is 1. The van der Waals surface area contributed by atoms with Crippen LogP contribution in [0.15, 0.2) is 6.07 Å². The molecule has 13 heavy (non-hydrogen) atoms. The van der Waals surface area contributed by atoms with Gasteiger partial charge in [0.25, 0.3) is 0 Å². The summed E-state index contributed by atoms with van der Waals surface area (Å²) >= 11 is 2.12. The topological polar surface area (TPSA) is 45.9 Å². The molecular weight excluding hydrogens is 279 g/mol. The summed E-state index contributed by atoms with van der Waals surface area (Å²) in [4.78, 5) is 4.33. The molecule has 0 aliphatic carbocycles. The molecule has 0 saturated heterocycles. The van der Waals surface area contributed by atoms with Crippen LogP contribution in [0.2, 0.25) is 0 Å². The molecule has 3 nitrogen and oxygen atoms in total. The van der Waals surface area contributed by atoms with Crippen molar-refractivity contribution >= 4 is 22.6 Å². The van der Waals surface area contributed by atoms with Gasteiger partial charge < -0.3 is 4.74 Å². The number of aromatic nitrogens is 1. The third kappa shape index (κ3) is 1.61. The fourth-order valence-corrected chi connectivity index (χ4v) is 1.98. The number of fused-ring (bicyclic) bond motifs is 1. The monoisotopic (exact) mass is 286 g/mol. The van der Waals surface area contributed by atoms with E-state index < -0.39 is 0 Å². The number of nitrogens with zero attached hydrogens (tertiary/aromatic N) is 2. The Morgan fingerprint density at radius 3 is 3.23 bits per heavy atom. The summed E-state index contributed by atoms with van der Waals surface area (Å²) in [5.41, 5.74) is 1.53. The van der Waals surface area contributed by atoms with Crippen LogP contribution in [-0.2, 0) is 6.42 Å². The summed E-state index contributed by atoms with van der Waals surface area (Å²) in [6.45, 7) is 0.698. The van der Waals surface area contributed by atoms with Crippen molar-refractivity contribution in [2.24, 2.45) is 0 Å². The average Bonchev–Trinajstić information content (AvgIpc) is 2.16. The van der Waals surface area contributed by atoms with Crippen molar-refractivity contribution in [3.05, 3.63) is 21.0 Å². The Morgan fingerprint density at radius 1 is 1.62 bits per heavy atom. The number of ether oxygens (including phenoxy) is 1. The molecule has 0 bridgehead atoms. The number of nitriles is 1. The second-order valence-corrected chi connectivity index (χ2v) is 3.94. The van der Waals surface area contributed by atoms with Gasteiger partial charge in [-0.2, -0.15) is 5.26 Å². The normalized spacial score (nSPS) is 14.2. The third-order valence-corrected chi connectivity index (χ3v) is 2.49. The molecule has 0 fully saturated rings. The molecule has 2 rings (SSSR count). The molecule has 0 spiro atoms. The van der Waals surface area contributed by atoms with Gasteiger partial charge in [0, 0.05) is 0 Å². The smallest absolute Gasteiger partial charge is 0.158 e. The molecule has 1 aromatic rings. The first-order valence-corrected chi connectivity index (χ1v) is 5.11. The van der Waals surface area contributed by atoms with Crippen LogP contribution in [0.3, 0.4) is 0 Å². The van der Waals surface area contributed by atoms with Crippen LogP contribution in [0.5, 0.6) is 5.75 Å². The van der Waals surface area contributed by atoms with E-state index in [0.717, 1.165) is 22.2 Å². The Kier molecular flexibility index (Phi) is 2.36. The molecule has 4 heteroatoms. The molecule has 0 saturated carbocycles. The minimum absolute atomic E-state index is 0.606. The van der Waals surface area contributed by atoms with Crippen LogP contribution in [0, 0.1) is 15.0 Å². The van der Waals surface area contributed by atoms with Crippen LogP contribution < -0.4 is 4.74 Å². The highest BCUT2D eigenvalue weighted by Crippen LogP contribution is 2.27. The molecule has 2 heterocycles. The lowest BCUT2D eigenvalue weighted by Gasteiger charge is -2.17. The maximum atomic E-state index is 8.86. The standard InChI is InChI=1S/C9H7IN2O/c10-8-4-6(5-11)9-7(12-8)2-1-3-13-9/h4H,1-3H2. The summed E-state index contributed by atoms with van der Waals surface area (Å²) < 4.78 is 6.27. The highest BCUT2D eigenvalue weighted by Gasteiger charge is 2.16. The maximum Gasteiger partial charge on any atom is 0.158 e. The van der Waals surface area contributed by atoms with E-state index in [1.54, 1.807) is 6.07 Å². The second kappa shape index (κ2) is 3.50. The molecule has 0 amide bonds. The van der Waals surface area contributed by atoms with Gasteiger partial charge in [-0.05, 0) is 41.5 Å².